The largest absolute Gasteiger partial charge is 0.382 e. The van der Waals surface area contributed by atoms with Crippen LogP contribution >= 0.6 is 11.8 Å². The van der Waals surface area contributed by atoms with E-state index in [4.69, 9.17) is 33.4 Å². The molecule has 41 heavy (non-hydrogen) atoms. The predicted octanol–water partition coefficient (Wildman–Crippen LogP) is 4.67. The highest BCUT2D eigenvalue weighted by Crippen LogP contribution is 2.36. The molecule has 226 valence electrons. The van der Waals surface area contributed by atoms with Crippen LogP contribution in [0.5, 0.6) is 0 Å². The van der Waals surface area contributed by atoms with E-state index in [1.165, 1.54) is 24.0 Å². The van der Waals surface area contributed by atoms with E-state index >= 15 is 0 Å². The van der Waals surface area contributed by atoms with E-state index < -0.39 is 0 Å². The molecular weight excluding hydrogens is 540 g/mol. The van der Waals surface area contributed by atoms with Gasteiger partial charge in [-0.25, -0.2) is 0 Å². The molecule has 2 aromatic carbocycles. The second-order valence-corrected chi connectivity index (χ2v) is 11.3. The molecule has 4 rings (SSSR count). The van der Waals surface area contributed by atoms with Crippen LogP contribution < -0.4 is 0 Å². The van der Waals surface area contributed by atoms with Crippen molar-refractivity contribution in [1.82, 2.24) is 4.90 Å². The predicted molar refractivity (Wildman–Crippen MR) is 163 cm³/mol. The van der Waals surface area contributed by atoms with E-state index in [1.807, 2.05) is 6.07 Å². The van der Waals surface area contributed by atoms with Crippen molar-refractivity contribution >= 4 is 16.9 Å². The van der Waals surface area contributed by atoms with Gasteiger partial charge in [0, 0.05) is 20.8 Å². The number of amidine groups is 1. The van der Waals surface area contributed by atoms with Crippen molar-refractivity contribution in [2.75, 3.05) is 67.0 Å². The molecule has 1 saturated carbocycles. The van der Waals surface area contributed by atoms with Gasteiger partial charge in [-0.15, -0.1) is 0 Å². The van der Waals surface area contributed by atoms with Crippen molar-refractivity contribution in [2.24, 2.45) is 10.9 Å². The highest BCUT2D eigenvalue weighted by molar-refractivity contribution is 8.13. The maximum Gasteiger partial charge on any atom is 0.159 e. The number of hydrogen-bond acceptors (Lipinski definition) is 9. The third-order valence-electron chi connectivity index (χ3n) is 7.47. The van der Waals surface area contributed by atoms with Gasteiger partial charge in [0.05, 0.1) is 38.5 Å². The lowest BCUT2D eigenvalue weighted by atomic mass is 9.91. The molecule has 0 radical (unpaired) electrons. The van der Waals surface area contributed by atoms with Gasteiger partial charge in [-0.2, -0.15) is 0 Å². The van der Waals surface area contributed by atoms with Crippen LogP contribution in [0.1, 0.15) is 24.0 Å². The van der Waals surface area contributed by atoms with Crippen LogP contribution in [0.4, 0.5) is 0 Å². The molecule has 0 aromatic heterocycles. The van der Waals surface area contributed by atoms with Crippen LogP contribution in [-0.2, 0) is 41.3 Å². The number of hydrogen-bond donors (Lipinski definition) is 0. The number of rotatable bonds is 18. The Morgan fingerprint density at radius 2 is 1.32 bits per heavy atom. The molecule has 2 aliphatic rings. The second kappa shape index (κ2) is 17.9. The Morgan fingerprint density at radius 1 is 0.756 bits per heavy atom. The average Bonchev–Trinajstić information content (AvgIpc) is 3.84. The SMILES string of the molecule is COCCOCO[C@H]1[C@@H](Cc2ccccc2)N=C(SC)N(CC2CC2)C(Cc2ccccc2)[C@@H]1OCOCCOC. The fourth-order valence-corrected chi connectivity index (χ4v) is 5.86. The van der Waals surface area contributed by atoms with E-state index in [9.17, 15) is 0 Å². The van der Waals surface area contributed by atoms with Crippen molar-refractivity contribution in [2.45, 2.75) is 50.0 Å². The van der Waals surface area contributed by atoms with Crippen molar-refractivity contribution in [3.63, 3.8) is 0 Å². The van der Waals surface area contributed by atoms with Gasteiger partial charge < -0.3 is 33.3 Å². The minimum absolute atomic E-state index is 0.0000244. The zero-order valence-electron chi connectivity index (χ0n) is 24.7. The van der Waals surface area contributed by atoms with Gasteiger partial charge in [0.25, 0.3) is 0 Å². The Hall–Kier alpha value is -1.98. The summed E-state index contributed by atoms with van der Waals surface area (Å²) in [5, 5.41) is 1.04. The monoisotopic (exact) mass is 586 g/mol. The van der Waals surface area contributed by atoms with E-state index in [1.54, 1.807) is 26.0 Å². The molecule has 0 N–H and O–H groups in total. The lowest BCUT2D eigenvalue weighted by molar-refractivity contribution is -0.187. The van der Waals surface area contributed by atoms with Crippen LogP contribution in [-0.4, -0.2) is 101 Å². The highest BCUT2D eigenvalue weighted by atomic mass is 32.2. The third-order valence-corrected chi connectivity index (χ3v) is 8.17. The van der Waals surface area contributed by atoms with E-state index in [0.29, 0.717) is 32.3 Å². The third kappa shape index (κ3) is 10.4. The van der Waals surface area contributed by atoms with Crippen molar-refractivity contribution in [3.8, 4) is 0 Å². The molecule has 1 aliphatic carbocycles. The van der Waals surface area contributed by atoms with Gasteiger partial charge in [0.1, 0.15) is 25.8 Å². The number of thioether (sulfide) groups is 1. The van der Waals surface area contributed by atoms with Gasteiger partial charge in [0.15, 0.2) is 5.17 Å². The Bertz CT molecular complexity index is 1010. The van der Waals surface area contributed by atoms with Crippen molar-refractivity contribution in [3.05, 3.63) is 71.8 Å². The molecule has 0 amide bonds. The lowest BCUT2D eigenvalue weighted by Crippen LogP contribution is -2.54. The number of ether oxygens (including phenoxy) is 6. The van der Waals surface area contributed by atoms with Gasteiger partial charge in [-0.1, -0.05) is 72.4 Å². The summed E-state index contributed by atoms with van der Waals surface area (Å²) in [5.74, 6) is 0.673. The molecule has 1 fully saturated rings. The Balaban J connectivity index is 1.70. The Labute approximate surface area is 249 Å². The van der Waals surface area contributed by atoms with Crippen LogP contribution in [0.25, 0.3) is 0 Å². The summed E-state index contributed by atoms with van der Waals surface area (Å²) in [5.41, 5.74) is 2.46. The molecule has 1 heterocycles. The van der Waals surface area contributed by atoms with Crippen molar-refractivity contribution < 1.29 is 28.4 Å². The average molecular weight is 587 g/mol. The summed E-state index contributed by atoms with van der Waals surface area (Å²) >= 11 is 1.71. The molecule has 8 nitrogen and oxygen atoms in total. The molecule has 1 unspecified atom stereocenters. The quantitative estimate of drug-likeness (QED) is 0.185. The number of aliphatic imine (C=N–C) groups is 1. The number of benzene rings is 2. The molecule has 9 heteroatoms. The zero-order chi connectivity index (χ0) is 28.7. The first-order chi connectivity index (χ1) is 20.2. The first-order valence-electron chi connectivity index (χ1n) is 14.6. The van der Waals surface area contributed by atoms with Crippen LogP contribution in [0.3, 0.4) is 0 Å². The van der Waals surface area contributed by atoms with Gasteiger partial charge in [-0.3, -0.25) is 4.99 Å². The summed E-state index contributed by atoms with van der Waals surface area (Å²) < 4.78 is 35.3. The molecule has 0 saturated heterocycles. The maximum atomic E-state index is 6.67. The second-order valence-electron chi connectivity index (χ2n) is 10.5. The minimum Gasteiger partial charge on any atom is -0.382 e. The van der Waals surface area contributed by atoms with Crippen LogP contribution in [0, 0.1) is 5.92 Å². The maximum absolute atomic E-state index is 6.67. The molecule has 0 bridgehead atoms. The van der Waals surface area contributed by atoms with E-state index in [2.05, 4.69) is 65.8 Å². The summed E-state index contributed by atoms with van der Waals surface area (Å²) in [6, 6.07) is 21.0. The molecule has 0 spiro atoms. The first-order valence-corrected chi connectivity index (χ1v) is 15.8. The summed E-state index contributed by atoms with van der Waals surface area (Å²) in [6.07, 6.45) is 5.49. The normalized spacial score (nSPS) is 22.9. The smallest absolute Gasteiger partial charge is 0.159 e. The molecule has 2 aromatic rings. The topological polar surface area (TPSA) is 71.0 Å². The molecular formula is C32H46N2O6S. The molecule has 1 aliphatic heterocycles. The fourth-order valence-electron chi connectivity index (χ4n) is 5.18. The molecule has 4 atom stereocenters. The van der Waals surface area contributed by atoms with Crippen LogP contribution in [0.15, 0.2) is 65.7 Å². The van der Waals surface area contributed by atoms with E-state index in [-0.39, 0.29) is 37.9 Å². The summed E-state index contributed by atoms with van der Waals surface area (Å²) in [6.45, 7) is 3.18. The number of methoxy groups -OCH3 is 2. The highest BCUT2D eigenvalue weighted by Gasteiger charge is 2.45. The van der Waals surface area contributed by atoms with Gasteiger partial charge >= 0.3 is 0 Å². The summed E-state index contributed by atoms with van der Waals surface area (Å²) in [4.78, 5) is 7.90. The number of nitrogens with zero attached hydrogens (tertiary/aromatic N) is 2. The van der Waals surface area contributed by atoms with Crippen molar-refractivity contribution in [1.29, 1.82) is 0 Å². The van der Waals surface area contributed by atoms with Crippen LogP contribution in [0.2, 0.25) is 0 Å². The summed E-state index contributed by atoms with van der Waals surface area (Å²) in [7, 11) is 3.34. The van der Waals surface area contributed by atoms with E-state index in [0.717, 1.165) is 24.6 Å². The van der Waals surface area contributed by atoms with Gasteiger partial charge in [-0.05, 0) is 49.0 Å². The minimum atomic E-state index is -0.358. The fraction of sp³-hybridized carbons (Fsp3) is 0.594. The lowest BCUT2D eigenvalue weighted by Gasteiger charge is -2.39. The standard InChI is InChI=1S/C32H46N2O6S/c1-35-16-18-37-23-39-30-28(20-25-10-6-4-7-11-25)33-32(41-3)34(22-27-14-15-27)29(21-26-12-8-5-9-13-26)31(30)40-24-38-19-17-36-2/h4-13,27-31H,14-24H2,1-3H3/t28-,29?,30+,31+/m1/s1. The Kier molecular flexibility index (Phi) is 13.9. The Morgan fingerprint density at radius 3 is 1.85 bits per heavy atom. The zero-order valence-corrected chi connectivity index (χ0v) is 25.5. The van der Waals surface area contributed by atoms with Gasteiger partial charge in [0.2, 0.25) is 0 Å². The first kappa shape index (κ1) is 31.9.